The lowest BCUT2D eigenvalue weighted by Gasteiger charge is -2.19. The van der Waals surface area contributed by atoms with E-state index in [-0.39, 0.29) is 35.8 Å². The lowest BCUT2D eigenvalue weighted by molar-refractivity contribution is -0.117. The van der Waals surface area contributed by atoms with Gasteiger partial charge in [0.25, 0.3) is 6.01 Å². The Morgan fingerprint density at radius 3 is 2.46 bits per heavy atom. The van der Waals surface area contributed by atoms with Gasteiger partial charge in [0.15, 0.2) is 0 Å². The Kier molecular flexibility index (Phi) is 10.9. The molecule has 3 aromatic rings. The lowest BCUT2D eigenvalue weighted by atomic mass is 10.1. The molecule has 0 bridgehead atoms. The number of nitrogens with zero attached hydrogens (tertiary/aromatic N) is 1. The minimum atomic E-state index is -3.99. The summed E-state index contributed by atoms with van der Waals surface area (Å²) in [6, 6.07) is 7.82. The van der Waals surface area contributed by atoms with Gasteiger partial charge in [-0.15, -0.1) is 12.4 Å². The molecule has 0 aliphatic carbocycles. The van der Waals surface area contributed by atoms with Crippen LogP contribution in [-0.4, -0.2) is 37.9 Å². The number of nitrogens with two attached hydrogens (primary N) is 1. The van der Waals surface area contributed by atoms with Crippen molar-refractivity contribution in [1.82, 2.24) is 9.71 Å². The van der Waals surface area contributed by atoms with Gasteiger partial charge in [0.2, 0.25) is 15.9 Å². The van der Waals surface area contributed by atoms with Gasteiger partial charge < -0.3 is 20.8 Å². The minimum absolute atomic E-state index is 0. The number of nitrogens with one attached hydrogen (secondary N) is 3. The van der Waals surface area contributed by atoms with Crippen LogP contribution in [0.15, 0.2) is 50.5 Å². The van der Waals surface area contributed by atoms with Gasteiger partial charge >= 0.3 is 5.63 Å². The number of carbonyl (C=O) groups is 1. The van der Waals surface area contributed by atoms with E-state index in [1.807, 2.05) is 13.8 Å². The molecular weight excluding hydrogens is 541 g/mol. The van der Waals surface area contributed by atoms with E-state index >= 15 is 0 Å². The fourth-order valence-corrected chi connectivity index (χ4v) is 4.96. The predicted octanol–water partition coefficient (Wildman–Crippen LogP) is 3.81. The zero-order valence-electron chi connectivity index (χ0n) is 20.7. The van der Waals surface area contributed by atoms with Crippen molar-refractivity contribution in [2.24, 2.45) is 5.73 Å². The summed E-state index contributed by atoms with van der Waals surface area (Å²) in [4.78, 5) is 30.0. The number of aromatic nitrogens is 1. The summed E-state index contributed by atoms with van der Waals surface area (Å²) >= 11 is 5.87. The van der Waals surface area contributed by atoms with Crippen LogP contribution in [0.25, 0.3) is 10.9 Å². The number of aryl methyl sites for hydroxylation is 1. The topological polar surface area (TPSA) is 156 Å². The second-order valence-corrected chi connectivity index (χ2v) is 10.8. The van der Waals surface area contributed by atoms with Crippen LogP contribution >= 0.6 is 24.0 Å². The molecule has 13 heteroatoms. The summed E-state index contributed by atoms with van der Waals surface area (Å²) in [7, 11) is -3.99. The molecule has 0 aliphatic heterocycles. The van der Waals surface area contributed by atoms with E-state index in [4.69, 9.17) is 21.8 Å². The van der Waals surface area contributed by atoms with Gasteiger partial charge in [-0.25, -0.2) is 13.2 Å². The molecule has 37 heavy (non-hydrogen) atoms. The van der Waals surface area contributed by atoms with Gasteiger partial charge in [0, 0.05) is 16.8 Å². The van der Waals surface area contributed by atoms with Crippen molar-refractivity contribution in [2.75, 3.05) is 17.2 Å². The number of fused-ring (bicyclic) bond motifs is 1. The quantitative estimate of drug-likeness (QED) is 0.253. The van der Waals surface area contributed by atoms with E-state index in [2.05, 4.69) is 20.3 Å². The van der Waals surface area contributed by atoms with Gasteiger partial charge in [-0.1, -0.05) is 18.0 Å². The molecule has 1 atom stereocenters. The fourth-order valence-electron chi connectivity index (χ4n) is 3.61. The normalized spacial score (nSPS) is 12.3. The molecule has 0 saturated carbocycles. The molecular formula is C24H31Cl2N5O5S. The van der Waals surface area contributed by atoms with E-state index < -0.39 is 27.6 Å². The zero-order valence-corrected chi connectivity index (χ0v) is 23.1. The highest BCUT2D eigenvalue weighted by atomic mass is 35.5. The lowest BCUT2D eigenvalue weighted by Crippen LogP contribution is -2.43. The number of sulfonamides is 1. The predicted molar refractivity (Wildman–Crippen MR) is 148 cm³/mol. The van der Waals surface area contributed by atoms with Crippen molar-refractivity contribution in [3.8, 4) is 0 Å². The molecule has 1 unspecified atom stereocenters. The van der Waals surface area contributed by atoms with Crippen LogP contribution in [0.5, 0.6) is 0 Å². The average molecular weight is 573 g/mol. The number of rotatable bonds is 11. The molecule has 0 aliphatic rings. The smallest absolute Gasteiger partial charge is 0.348 e. The van der Waals surface area contributed by atoms with Crippen LogP contribution in [0.2, 0.25) is 5.02 Å². The van der Waals surface area contributed by atoms with Gasteiger partial charge in [-0.2, -0.15) is 9.71 Å². The number of halogens is 2. The molecule has 1 amide bonds. The molecule has 5 N–H and O–H groups in total. The Morgan fingerprint density at radius 1 is 1.16 bits per heavy atom. The third-order valence-electron chi connectivity index (χ3n) is 5.29. The monoisotopic (exact) mass is 571 g/mol. The SMILES string of the molecule is Cc1cc(NC(=O)C(CCCCN)NS(=O)(=O)c2ccc(Cl)cc2)cc2nc(NC(C)C)oc(=O)c12.Cl. The van der Waals surface area contributed by atoms with E-state index in [0.717, 1.165) is 0 Å². The molecule has 0 saturated heterocycles. The van der Waals surface area contributed by atoms with Crippen LogP contribution in [0.4, 0.5) is 11.7 Å². The van der Waals surface area contributed by atoms with Crippen molar-refractivity contribution in [1.29, 1.82) is 0 Å². The third kappa shape index (κ3) is 8.14. The van der Waals surface area contributed by atoms with Gasteiger partial charge in [-0.05, 0) is 82.1 Å². The van der Waals surface area contributed by atoms with E-state index in [1.165, 1.54) is 24.3 Å². The molecule has 202 valence electrons. The summed E-state index contributed by atoms with van der Waals surface area (Å²) in [5.74, 6) is -0.549. The molecule has 0 spiro atoms. The second-order valence-electron chi connectivity index (χ2n) is 8.69. The van der Waals surface area contributed by atoms with Crippen LogP contribution in [0.1, 0.15) is 38.7 Å². The number of unbranched alkanes of at least 4 members (excludes halogenated alkanes) is 1. The minimum Gasteiger partial charge on any atom is -0.389 e. The Hall–Kier alpha value is -2.70. The molecule has 0 fully saturated rings. The fraction of sp³-hybridized carbons (Fsp3) is 0.375. The third-order valence-corrected chi connectivity index (χ3v) is 7.03. The number of benzene rings is 2. The highest BCUT2D eigenvalue weighted by Gasteiger charge is 2.26. The van der Waals surface area contributed by atoms with Crippen molar-refractivity contribution in [2.45, 2.75) is 57.0 Å². The number of anilines is 2. The van der Waals surface area contributed by atoms with E-state index in [0.29, 0.717) is 46.6 Å². The largest absolute Gasteiger partial charge is 0.389 e. The maximum Gasteiger partial charge on any atom is 0.348 e. The first-order valence-electron chi connectivity index (χ1n) is 11.5. The Labute approximate surface area is 226 Å². The van der Waals surface area contributed by atoms with Crippen LogP contribution in [0, 0.1) is 6.92 Å². The summed E-state index contributed by atoms with van der Waals surface area (Å²) in [5, 5.41) is 6.39. The van der Waals surface area contributed by atoms with Crippen LogP contribution < -0.4 is 26.7 Å². The first-order chi connectivity index (χ1) is 17.0. The van der Waals surface area contributed by atoms with Crippen molar-refractivity contribution in [3.05, 3.63) is 57.4 Å². The molecule has 3 rings (SSSR count). The maximum atomic E-state index is 13.2. The first kappa shape index (κ1) is 30.5. The van der Waals surface area contributed by atoms with E-state index in [9.17, 15) is 18.0 Å². The van der Waals surface area contributed by atoms with E-state index in [1.54, 1.807) is 19.1 Å². The van der Waals surface area contributed by atoms with Gasteiger partial charge in [0.1, 0.15) is 6.04 Å². The standard InChI is InChI=1S/C24H30ClN5O5S.ClH/c1-14(2)27-24-29-20-13-17(12-15(3)21(20)23(32)35-24)28-22(31)19(6-4-5-11-26)30-36(33,34)18-9-7-16(25)8-10-18;/h7-10,12-14,19,30H,4-6,11,26H2,1-3H3,(H,27,29)(H,28,31);1H. The van der Waals surface area contributed by atoms with Crippen molar-refractivity contribution in [3.63, 3.8) is 0 Å². The molecule has 1 aromatic heterocycles. The van der Waals surface area contributed by atoms with Crippen LogP contribution in [-0.2, 0) is 14.8 Å². The Balaban J connectivity index is 0.00000481. The van der Waals surface area contributed by atoms with Crippen LogP contribution in [0.3, 0.4) is 0 Å². The molecule has 1 heterocycles. The molecule has 2 aromatic carbocycles. The summed E-state index contributed by atoms with van der Waals surface area (Å²) in [5.41, 5.74) is 6.29. The van der Waals surface area contributed by atoms with Gasteiger partial charge in [0.05, 0.1) is 15.8 Å². The molecule has 10 nitrogen and oxygen atoms in total. The van der Waals surface area contributed by atoms with Crippen molar-refractivity contribution >= 4 is 62.5 Å². The Morgan fingerprint density at radius 2 is 1.84 bits per heavy atom. The number of hydrogen-bond acceptors (Lipinski definition) is 8. The first-order valence-corrected chi connectivity index (χ1v) is 13.4. The zero-order chi connectivity index (χ0) is 26.5. The second kappa shape index (κ2) is 13.2. The summed E-state index contributed by atoms with van der Waals surface area (Å²) in [6.07, 6.45) is 1.42. The summed E-state index contributed by atoms with van der Waals surface area (Å²) < 4.78 is 33.6. The number of carbonyl (C=O) groups excluding carboxylic acids is 1. The molecule has 0 radical (unpaired) electrons. The highest BCUT2D eigenvalue weighted by Crippen LogP contribution is 2.22. The summed E-state index contributed by atoms with van der Waals surface area (Å²) in [6.45, 7) is 5.88. The van der Waals surface area contributed by atoms with Crippen molar-refractivity contribution < 1.29 is 17.6 Å². The Bertz CT molecular complexity index is 1400. The number of hydrogen-bond donors (Lipinski definition) is 4. The van der Waals surface area contributed by atoms with Gasteiger partial charge in [-0.3, -0.25) is 4.79 Å². The average Bonchev–Trinajstić information content (AvgIpc) is 2.77. The number of amides is 1. The highest BCUT2D eigenvalue weighted by molar-refractivity contribution is 7.89. The maximum absolute atomic E-state index is 13.2.